The summed E-state index contributed by atoms with van der Waals surface area (Å²) in [4.78, 5) is 22.9. The lowest BCUT2D eigenvalue weighted by molar-refractivity contribution is -0.488. The number of carbonyl (C=O) groups is 2. The first kappa shape index (κ1) is 20.2. The van der Waals surface area contributed by atoms with E-state index >= 15 is 0 Å². The van der Waals surface area contributed by atoms with Gasteiger partial charge in [-0.2, -0.15) is 23.5 Å². The van der Waals surface area contributed by atoms with Gasteiger partial charge in [0.2, 0.25) is 0 Å². The Bertz CT molecular complexity index is 436. The molecule has 0 aliphatic carbocycles. The number of fused-ring (bicyclic) bond motifs is 2. The highest BCUT2D eigenvalue weighted by atomic mass is 32.2. The molecule has 4 aliphatic rings. The monoisotopic (exact) mass is 378 g/mol. The topological polar surface area (TPSA) is 184 Å². The number of carboxylic acid groups (broad SMARTS) is 2. The molecule has 0 aromatic heterocycles. The Morgan fingerprint density at radius 1 is 0.875 bits per heavy atom. The molecule has 8 N–H and O–H groups in total. The summed E-state index contributed by atoms with van der Waals surface area (Å²) < 4.78 is 0. The number of carbonyl (C=O) groups excluding carboxylic acids is 2. The van der Waals surface area contributed by atoms with Crippen molar-refractivity contribution >= 4 is 48.4 Å². The minimum Gasteiger partial charge on any atom is -0.554 e. The summed E-state index contributed by atoms with van der Waals surface area (Å²) in [7, 11) is 0. The predicted molar refractivity (Wildman–Crippen MR) is 88.5 cm³/mol. The lowest BCUT2D eigenvalue weighted by Crippen LogP contribution is -2.79. The molecule has 136 valence electrons. The number of nitrogens with two attached hydrogens (primary N) is 2. The van der Waals surface area contributed by atoms with E-state index in [9.17, 15) is 0 Å². The second-order valence-corrected chi connectivity index (χ2v) is 7.25. The second kappa shape index (κ2) is 10.9. The van der Waals surface area contributed by atoms with E-state index in [2.05, 4.69) is 20.6 Å². The van der Waals surface area contributed by atoms with Gasteiger partial charge in [-0.3, -0.25) is 32.1 Å². The van der Waals surface area contributed by atoms with E-state index < -0.39 is 12.9 Å². The first-order valence-electron chi connectivity index (χ1n) is 7.13. The van der Waals surface area contributed by atoms with Crippen molar-refractivity contribution in [1.29, 1.82) is 0 Å². The van der Waals surface area contributed by atoms with Gasteiger partial charge in [0.25, 0.3) is 0 Å². The van der Waals surface area contributed by atoms with E-state index in [0.717, 1.165) is 11.9 Å². The van der Waals surface area contributed by atoms with Crippen LogP contribution in [-0.2, 0) is 9.59 Å². The van der Waals surface area contributed by atoms with Crippen LogP contribution in [0.15, 0.2) is 0 Å². The Morgan fingerprint density at radius 3 is 1.50 bits per heavy atom. The fraction of sp³-hybridized carbons (Fsp3) is 0.667. The van der Waals surface area contributed by atoms with Crippen molar-refractivity contribution in [3.63, 3.8) is 0 Å². The van der Waals surface area contributed by atoms with Gasteiger partial charge in [0.05, 0.1) is 0 Å². The van der Waals surface area contributed by atoms with Gasteiger partial charge in [-0.15, -0.1) is 0 Å². The highest BCUT2D eigenvalue weighted by molar-refractivity contribution is 7.99. The molecule has 0 aromatic rings. The van der Waals surface area contributed by atoms with Crippen LogP contribution in [0.3, 0.4) is 0 Å². The molecule has 4 heterocycles. The molecule has 0 radical (unpaired) electrons. The third-order valence-electron chi connectivity index (χ3n) is 3.52. The van der Waals surface area contributed by atoms with Crippen LogP contribution in [0.25, 0.3) is 0 Å². The first-order chi connectivity index (χ1) is 11.5. The molecule has 4 unspecified atom stereocenters. The molecule has 0 aromatic carbocycles. The van der Waals surface area contributed by atoms with E-state index in [-0.39, 0.29) is 0 Å². The molecule has 0 bridgehead atoms. The van der Waals surface area contributed by atoms with Crippen LogP contribution in [0, 0.1) is 0 Å². The molecule has 0 amide bonds. The van der Waals surface area contributed by atoms with Crippen molar-refractivity contribution in [2.24, 2.45) is 11.5 Å². The van der Waals surface area contributed by atoms with Crippen LogP contribution in [0.4, 0.5) is 0 Å². The third kappa shape index (κ3) is 6.35. The summed E-state index contributed by atoms with van der Waals surface area (Å²) in [6.07, 6.45) is 0. The van der Waals surface area contributed by atoms with E-state index in [4.69, 9.17) is 31.3 Å². The molecular formula is C12H22N6O4S2. The van der Waals surface area contributed by atoms with Crippen LogP contribution in [0.1, 0.15) is 0 Å². The molecule has 0 spiro atoms. The normalized spacial score (nSPS) is 30.8. The number of rotatable bonds is 0. The summed E-state index contributed by atoms with van der Waals surface area (Å²) in [6.45, 7) is -1.00. The smallest absolute Gasteiger partial charge is 0.341 e. The number of hydrogen-bond donors (Lipinski definition) is 6. The average Bonchev–Trinajstić information content (AvgIpc) is 3.21. The molecule has 4 atom stereocenters. The van der Waals surface area contributed by atoms with E-state index in [1.54, 1.807) is 0 Å². The van der Waals surface area contributed by atoms with Crippen LogP contribution >= 0.6 is 23.5 Å². The number of hydrogen-bond acceptors (Lipinski definition) is 10. The zero-order valence-electron chi connectivity index (χ0n) is 12.9. The molecule has 10 nitrogen and oxygen atoms in total. The van der Waals surface area contributed by atoms with Crippen molar-refractivity contribution in [3.8, 4) is 0 Å². The van der Waals surface area contributed by atoms with Gasteiger partial charge in [-0.05, 0) is 0 Å². The van der Waals surface area contributed by atoms with Crippen molar-refractivity contribution in [1.82, 2.24) is 10.6 Å². The van der Waals surface area contributed by atoms with Crippen LogP contribution in [0.2, 0.25) is 0 Å². The molecule has 0 saturated carbocycles. The number of guanidine groups is 2. The fourth-order valence-corrected chi connectivity index (χ4v) is 5.11. The van der Waals surface area contributed by atoms with Gasteiger partial charge in [-0.1, -0.05) is 0 Å². The highest BCUT2D eigenvalue weighted by Gasteiger charge is 2.37. The molecule has 2 saturated heterocycles. The maximum Gasteiger partial charge on any atom is 0.341 e. The van der Waals surface area contributed by atoms with E-state index in [0.29, 0.717) is 24.2 Å². The van der Waals surface area contributed by atoms with E-state index in [1.807, 2.05) is 23.5 Å². The minimum absolute atomic E-state index is 0.500. The highest BCUT2D eigenvalue weighted by Crippen LogP contribution is 2.16. The first-order valence-corrected chi connectivity index (χ1v) is 9.44. The summed E-state index contributed by atoms with van der Waals surface area (Å²) in [5, 5.41) is 22.9. The zero-order chi connectivity index (χ0) is 17.9. The minimum atomic E-state index is -0.500. The average molecular weight is 378 g/mol. The second-order valence-electron chi connectivity index (χ2n) is 5.10. The molecule has 12 heteroatoms. The summed E-state index contributed by atoms with van der Waals surface area (Å²) in [6, 6.07) is 2.37. The zero-order valence-corrected chi connectivity index (χ0v) is 14.5. The fourth-order valence-electron chi connectivity index (χ4n) is 2.56. The SMILES string of the molecule is NC1=[NH+]C2CSCC2N1.NC1=[NH+]C2CSCC2N1.O=C[O-].O=C[O-]. The Labute approximate surface area is 147 Å². The number of thioether (sulfide) groups is 2. The van der Waals surface area contributed by atoms with Crippen LogP contribution in [0.5, 0.6) is 0 Å². The molecule has 4 rings (SSSR count). The molecule has 2 fully saturated rings. The van der Waals surface area contributed by atoms with Crippen molar-refractivity contribution < 1.29 is 29.8 Å². The molecule has 24 heavy (non-hydrogen) atoms. The van der Waals surface area contributed by atoms with Gasteiger partial charge in [0.15, 0.2) is 0 Å². The van der Waals surface area contributed by atoms with Gasteiger partial charge in [0, 0.05) is 36.0 Å². The third-order valence-corrected chi connectivity index (χ3v) is 5.90. The maximum atomic E-state index is 8.25. The Hall–Kier alpha value is -1.82. The molecule has 4 aliphatic heterocycles. The van der Waals surface area contributed by atoms with Gasteiger partial charge in [-0.25, -0.2) is 0 Å². The predicted octanol–water partition coefficient (Wildman–Crippen LogP) is -8.33. The largest absolute Gasteiger partial charge is 0.554 e. The Balaban J connectivity index is 0.000000183. The summed E-state index contributed by atoms with van der Waals surface area (Å²) in [5.74, 6) is 6.28. The van der Waals surface area contributed by atoms with Crippen LogP contribution < -0.4 is 42.3 Å². The van der Waals surface area contributed by atoms with Gasteiger partial charge >= 0.3 is 11.9 Å². The summed E-state index contributed by atoms with van der Waals surface area (Å²) >= 11 is 3.95. The quantitative estimate of drug-likeness (QED) is 0.221. The van der Waals surface area contributed by atoms with Crippen molar-refractivity contribution in [2.75, 3.05) is 23.0 Å². The van der Waals surface area contributed by atoms with Crippen LogP contribution in [-0.4, -0.2) is 72.0 Å². The number of nitrogens with one attached hydrogen (secondary N) is 4. The lowest BCUT2D eigenvalue weighted by atomic mass is 10.2. The van der Waals surface area contributed by atoms with Gasteiger partial charge in [0.1, 0.15) is 24.2 Å². The summed E-state index contributed by atoms with van der Waals surface area (Å²) in [5.41, 5.74) is 11.0. The maximum absolute atomic E-state index is 8.25. The van der Waals surface area contributed by atoms with Gasteiger partial charge < -0.3 is 19.8 Å². The van der Waals surface area contributed by atoms with Crippen molar-refractivity contribution in [2.45, 2.75) is 24.2 Å². The Morgan fingerprint density at radius 2 is 1.21 bits per heavy atom. The lowest BCUT2D eigenvalue weighted by Gasteiger charge is -1.99. The standard InChI is InChI=1S/2C5H9N3S.2CH2O2/c2*6-5-7-3-1-9-2-4(3)8-5;2*2-1-3/h2*3-4H,1-2H2,(H3,6,7,8);2*1H,(H,2,3). The Kier molecular flexibility index (Phi) is 9.15. The molecular weight excluding hydrogens is 356 g/mol. The van der Waals surface area contributed by atoms with Crippen molar-refractivity contribution in [3.05, 3.63) is 0 Å². The van der Waals surface area contributed by atoms with E-state index in [1.165, 1.54) is 23.0 Å².